The first kappa shape index (κ1) is 18.4. The lowest BCUT2D eigenvalue weighted by Crippen LogP contribution is -2.30. The van der Waals surface area contributed by atoms with Gasteiger partial charge < -0.3 is 0 Å². The lowest BCUT2D eigenvalue weighted by atomic mass is 10.1. The van der Waals surface area contributed by atoms with Crippen molar-refractivity contribution in [2.75, 3.05) is 0 Å². The highest BCUT2D eigenvalue weighted by molar-refractivity contribution is 7.07. The van der Waals surface area contributed by atoms with E-state index in [4.69, 9.17) is 0 Å². The van der Waals surface area contributed by atoms with Crippen LogP contribution in [0.25, 0.3) is 17.3 Å². The summed E-state index contributed by atoms with van der Waals surface area (Å²) in [5.41, 5.74) is 3.50. The Kier molecular flexibility index (Phi) is 5.35. The fourth-order valence-electron chi connectivity index (χ4n) is 2.80. The summed E-state index contributed by atoms with van der Waals surface area (Å²) in [6.45, 7) is 4.05. The van der Waals surface area contributed by atoms with Crippen molar-refractivity contribution in [2.45, 2.75) is 20.3 Å². The molecule has 0 amide bonds. The van der Waals surface area contributed by atoms with Gasteiger partial charge in [0.2, 0.25) is 0 Å². The van der Waals surface area contributed by atoms with Crippen molar-refractivity contribution in [1.82, 2.24) is 4.57 Å². The van der Waals surface area contributed by atoms with Gasteiger partial charge in [-0.15, -0.1) is 11.3 Å². The van der Waals surface area contributed by atoms with Gasteiger partial charge in [-0.3, -0.25) is 9.36 Å². The van der Waals surface area contributed by atoms with E-state index in [1.54, 1.807) is 6.08 Å². The molecule has 27 heavy (non-hydrogen) atoms. The van der Waals surface area contributed by atoms with E-state index in [1.807, 2.05) is 67.6 Å². The molecule has 0 N–H and O–H groups in total. The van der Waals surface area contributed by atoms with Crippen LogP contribution in [0, 0.1) is 29.6 Å². The maximum absolute atomic E-state index is 13.1. The summed E-state index contributed by atoms with van der Waals surface area (Å²) < 4.78 is 2.29. The summed E-state index contributed by atoms with van der Waals surface area (Å²) in [6, 6.07) is 19.2. The SMILES string of the molecule is CCc1ccc(-n2c(=C(C#N)C#N)s/c(=C/c3cccc(C)c3)c2=O)cc1. The molecule has 0 atom stereocenters. The van der Waals surface area contributed by atoms with Crippen molar-refractivity contribution in [3.63, 3.8) is 0 Å². The third kappa shape index (κ3) is 3.74. The molecular formula is C22H17N3OS. The van der Waals surface area contributed by atoms with Gasteiger partial charge in [-0.25, -0.2) is 0 Å². The fourth-order valence-corrected chi connectivity index (χ4v) is 3.85. The van der Waals surface area contributed by atoms with E-state index in [9.17, 15) is 15.3 Å². The molecule has 0 saturated heterocycles. The van der Waals surface area contributed by atoms with E-state index >= 15 is 0 Å². The molecule has 1 aromatic heterocycles. The Labute approximate surface area is 161 Å². The molecule has 0 bridgehead atoms. The molecule has 0 unspecified atom stereocenters. The molecule has 0 aliphatic carbocycles. The first-order valence-electron chi connectivity index (χ1n) is 8.51. The third-order valence-electron chi connectivity index (χ3n) is 4.20. The molecule has 4 nitrogen and oxygen atoms in total. The van der Waals surface area contributed by atoms with Crippen molar-refractivity contribution in [1.29, 1.82) is 10.5 Å². The van der Waals surface area contributed by atoms with Crippen molar-refractivity contribution >= 4 is 23.0 Å². The number of thiazole rings is 1. The number of rotatable bonds is 3. The Hall–Kier alpha value is -3.41. The summed E-state index contributed by atoms with van der Waals surface area (Å²) in [5.74, 6) is 0. The molecule has 0 aliphatic heterocycles. The van der Waals surface area contributed by atoms with Crippen LogP contribution in [0.15, 0.2) is 53.3 Å². The van der Waals surface area contributed by atoms with Gasteiger partial charge in [0.15, 0.2) is 5.57 Å². The number of nitriles is 2. The minimum absolute atomic E-state index is 0.0689. The van der Waals surface area contributed by atoms with Gasteiger partial charge in [0, 0.05) is 0 Å². The summed E-state index contributed by atoms with van der Waals surface area (Å²) >= 11 is 1.16. The maximum Gasteiger partial charge on any atom is 0.273 e. The number of aromatic nitrogens is 1. The smallest absolute Gasteiger partial charge is 0.267 e. The summed E-state index contributed by atoms with van der Waals surface area (Å²) in [6.07, 6.45) is 2.69. The van der Waals surface area contributed by atoms with Crippen molar-refractivity contribution in [3.05, 3.63) is 84.8 Å². The molecule has 132 valence electrons. The Morgan fingerprint density at radius 3 is 2.44 bits per heavy atom. The average molecular weight is 371 g/mol. The average Bonchev–Trinajstić information content (AvgIpc) is 2.99. The molecule has 0 spiro atoms. The normalized spacial score (nSPS) is 11.0. The highest BCUT2D eigenvalue weighted by Crippen LogP contribution is 2.08. The maximum atomic E-state index is 13.1. The third-order valence-corrected chi connectivity index (χ3v) is 5.30. The van der Waals surface area contributed by atoms with Gasteiger partial charge in [-0.2, -0.15) is 10.5 Å². The van der Waals surface area contributed by atoms with E-state index in [0.29, 0.717) is 14.9 Å². The molecule has 0 aliphatic rings. The van der Waals surface area contributed by atoms with E-state index in [0.717, 1.165) is 34.4 Å². The highest BCUT2D eigenvalue weighted by atomic mass is 32.1. The monoisotopic (exact) mass is 371 g/mol. The van der Waals surface area contributed by atoms with E-state index < -0.39 is 0 Å². The predicted molar refractivity (Wildman–Crippen MR) is 108 cm³/mol. The molecular weight excluding hydrogens is 354 g/mol. The van der Waals surface area contributed by atoms with Crippen LogP contribution in [-0.4, -0.2) is 4.57 Å². The zero-order chi connectivity index (χ0) is 19.4. The minimum atomic E-state index is -0.233. The number of aryl methyl sites for hydroxylation is 2. The largest absolute Gasteiger partial charge is 0.273 e. The molecule has 0 fully saturated rings. The second kappa shape index (κ2) is 7.86. The van der Waals surface area contributed by atoms with Crippen LogP contribution in [0.4, 0.5) is 0 Å². The molecule has 1 heterocycles. The number of hydrogen-bond donors (Lipinski definition) is 0. The minimum Gasteiger partial charge on any atom is -0.267 e. The topological polar surface area (TPSA) is 69.6 Å². The van der Waals surface area contributed by atoms with Gasteiger partial charge in [-0.1, -0.05) is 48.9 Å². The Morgan fingerprint density at radius 1 is 1.15 bits per heavy atom. The van der Waals surface area contributed by atoms with E-state index in [-0.39, 0.29) is 11.1 Å². The number of benzene rings is 2. The first-order chi connectivity index (χ1) is 13.1. The standard InChI is InChI=1S/C22H17N3OS/c1-3-16-7-9-19(10-8-16)25-21(26)20(27-22(25)18(13-23)14-24)12-17-6-4-5-15(2)11-17/h4-12H,3H2,1-2H3/b20-12+. The molecule has 0 saturated carbocycles. The van der Waals surface area contributed by atoms with Crippen LogP contribution in [0.5, 0.6) is 0 Å². The predicted octanol–water partition coefficient (Wildman–Crippen LogP) is 2.80. The molecule has 3 aromatic rings. The van der Waals surface area contributed by atoms with Crippen LogP contribution >= 0.6 is 11.3 Å². The molecule has 5 heteroatoms. The van der Waals surface area contributed by atoms with Crippen LogP contribution in [0.3, 0.4) is 0 Å². The lowest BCUT2D eigenvalue weighted by molar-refractivity contribution is 0.983. The van der Waals surface area contributed by atoms with Gasteiger partial charge in [-0.05, 0) is 42.7 Å². The van der Waals surface area contributed by atoms with Gasteiger partial charge in [0.1, 0.15) is 16.8 Å². The zero-order valence-electron chi connectivity index (χ0n) is 15.1. The number of nitrogens with zero attached hydrogens (tertiary/aromatic N) is 3. The van der Waals surface area contributed by atoms with E-state index in [2.05, 4.69) is 6.92 Å². The highest BCUT2D eigenvalue weighted by Gasteiger charge is 2.11. The quantitative estimate of drug-likeness (QED) is 0.711. The molecule has 2 aromatic carbocycles. The summed E-state index contributed by atoms with van der Waals surface area (Å²) in [4.78, 5) is 13.1. The van der Waals surface area contributed by atoms with Crippen molar-refractivity contribution in [2.24, 2.45) is 0 Å². The Morgan fingerprint density at radius 2 is 1.85 bits per heavy atom. The van der Waals surface area contributed by atoms with Crippen LogP contribution in [0.2, 0.25) is 0 Å². The zero-order valence-corrected chi connectivity index (χ0v) is 15.9. The Balaban J connectivity index is 2.35. The van der Waals surface area contributed by atoms with Crippen molar-refractivity contribution < 1.29 is 0 Å². The molecule has 0 radical (unpaired) electrons. The second-order valence-electron chi connectivity index (χ2n) is 6.09. The van der Waals surface area contributed by atoms with Crippen LogP contribution in [0.1, 0.15) is 23.6 Å². The van der Waals surface area contributed by atoms with Gasteiger partial charge >= 0.3 is 0 Å². The lowest BCUT2D eigenvalue weighted by Gasteiger charge is -2.03. The number of hydrogen-bond acceptors (Lipinski definition) is 4. The van der Waals surface area contributed by atoms with Crippen LogP contribution < -0.4 is 14.8 Å². The Bertz CT molecular complexity index is 1230. The van der Waals surface area contributed by atoms with Crippen molar-refractivity contribution in [3.8, 4) is 17.8 Å². The van der Waals surface area contributed by atoms with E-state index in [1.165, 1.54) is 4.57 Å². The second-order valence-corrected chi connectivity index (χ2v) is 7.12. The first-order valence-corrected chi connectivity index (χ1v) is 9.33. The molecule has 3 rings (SSSR count). The fraction of sp³-hybridized carbons (Fsp3) is 0.136. The van der Waals surface area contributed by atoms with Gasteiger partial charge in [0.25, 0.3) is 5.56 Å². The summed E-state index contributed by atoms with van der Waals surface area (Å²) in [5, 5.41) is 18.7. The van der Waals surface area contributed by atoms with Crippen LogP contribution in [-0.2, 0) is 6.42 Å². The summed E-state index contributed by atoms with van der Waals surface area (Å²) in [7, 11) is 0. The van der Waals surface area contributed by atoms with Gasteiger partial charge in [0.05, 0.1) is 10.2 Å².